The highest BCUT2D eigenvalue weighted by Gasteiger charge is 2.37. The van der Waals surface area contributed by atoms with E-state index in [4.69, 9.17) is 10.3 Å². The zero-order chi connectivity index (χ0) is 14.7. The van der Waals surface area contributed by atoms with E-state index in [0.29, 0.717) is 18.3 Å². The van der Waals surface area contributed by atoms with E-state index in [9.17, 15) is 0 Å². The molecule has 0 unspecified atom stereocenters. The third-order valence-corrected chi connectivity index (χ3v) is 4.73. The van der Waals surface area contributed by atoms with Crippen LogP contribution in [0.1, 0.15) is 44.4 Å². The van der Waals surface area contributed by atoms with Crippen LogP contribution in [0.3, 0.4) is 0 Å². The zero-order valence-corrected chi connectivity index (χ0v) is 13.5. The Bertz CT molecular complexity index is 605. The van der Waals surface area contributed by atoms with Crippen LogP contribution >= 0.6 is 15.9 Å². The van der Waals surface area contributed by atoms with Crippen LogP contribution in [0, 0.1) is 0 Å². The predicted octanol–water partition coefficient (Wildman–Crippen LogP) is 3.44. The fourth-order valence-corrected chi connectivity index (χ4v) is 3.37. The average Bonchev–Trinajstić information content (AvgIpc) is 2.87. The predicted molar refractivity (Wildman–Crippen MR) is 83.7 cm³/mol. The molecular weight excluding hydrogens is 332 g/mol. The summed E-state index contributed by atoms with van der Waals surface area (Å²) in [7, 11) is 0. The Morgan fingerprint density at radius 2 is 1.95 bits per heavy atom. The lowest BCUT2D eigenvalue weighted by molar-refractivity contribution is 0.257. The van der Waals surface area contributed by atoms with Gasteiger partial charge in [-0.2, -0.15) is 4.98 Å². The molecule has 2 N–H and O–H groups in total. The van der Waals surface area contributed by atoms with Crippen LogP contribution < -0.4 is 5.73 Å². The number of pyridine rings is 1. The van der Waals surface area contributed by atoms with Gasteiger partial charge < -0.3 is 10.3 Å². The van der Waals surface area contributed by atoms with Crippen molar-refractivity contribution in [1.29, 1.82) is 0 Å². The topological polar surface area (TPSA) is 77.8 Å². The zero-order valence-electron chi connectivity index (χ0n) is 11.9. The van der Waals surface area contributed by atoms with E-state index in [2.05, 4.69) is 31.1 Å². The molecule has 0 aromatic carbocycles. The van der Waals surface area contributed by atoms with Gasteiger partial charge in [-0.05, 0) is 34.8 Å². The molecule has 5 nitrogen and oxygen atoms in total. The van der Waals surface area contributed by atoms with Crippen molar-refractivity contribution in [3.63, 3.8) is 0 Å². The minimum absolute atomic E-state index is 0.152. The Kier molecular flexibility index (Phi) is 4.35. The normalized spacial score (nSPS) is 18.4. The molecule has 21 heavy (non-hydrogen) atoms. The quantitative estimate of drug-likeness (QED) is 0.857. The molecule has 2 aromatic rings. The fraction of sp³-hybridized carbons (Fsp3) is 0.533. The highest BCUT2D eigenvalue weighted by molar-refractivity contribution is 9.10. The maximum absolute atomic E-state index is 6.06. The Balaban J connectivity index is 1.92. The molecule has 0 spiro atoms. The fourth-order valence-electron chi connectivity index (χ4n) is 3.00. The number of rotatable bonds is 3. The molecule has 0 atom stereocenters. The van der Waals surface area contributed by atoms with Gasteiger partial charge in [0.15, 0.2) is 0 Å². The highest BCUT2D eigenvalue weighted by Crippen LogP contribution is 2.37. The van der Waals surface area contributed by atoms with Crippen LogP contribution in [0.4, 0.5) is 0 Å². The number of nitrogens with two attached hydrogens (primary N) is 1. The molecule has 0 radical (unpaired) electrons. The van der Waals surface area contributed by atoms with Gasteiger partial charge in [-0.15, -0.1) is 0 Å². The first-order valence-corrected chi connectivity index (χ1v) is 8.18. The smallest absolute Gasteiger partial charge is 0.234 e. The molecule has 1 aliphatic carbocycles. The third kappa shape index (κ3) is 3.01. The summed E-state index contributed by atoms with van der Waals surface area (Å²) in [5, 5.41) is 4.12. The van der Waals surface area contributed by atoms with Crippen molar-refractivity contribution in [2.45, 2.75) is 43.9 Å². The average molecular weight is 351 g/mol. The lowest BCUT2D eigenvalue weighted by Gasteiger charge is -2.26. The van der Waals surface area contributed by atoms with Crippen LogP contribution in [0.25, 0.3) is 11.4 Å². The van der Waals surface area contributed by atoms with Gasteiger partial charge in [0.05, 0.1) is 5.41 Å². The van der Waals surface area contributed by atoms with E-state index in [1.165, 1.54) is 25.7 Å². The van der Waals surface area contributed by atoms with Gasteiger partial charge in [0.25, 0.3) is 0 Å². The molecule has 2 aromatic heterocycles. The van der Waals surface area contributed by atoms with Crippen LogP contribution in [0.5, 0.6) is 0 Å². The van der Waals surface area contributed by atoms with Gasteiger partial charge in [0, 0.05) is 29.0 Å². The molecule has 1 fully saturated rings. The maximum atomic E-state index is 6.06. The Morgan fingerprint density at radius 3 is 2.62 bits per heavy atom. The Morgan fingerprint density at radius 1 is 1.19 bits per heavy atom. The molecule has 0 bridgehead atoms. The lowest BCUT2D eigenvalue weighted by atomic mass is 9.80. The second-order valence-corrected chi connectivity index (χ2v) is 6.63. The summed E-state index contributed by atoms with van der Waals surface area (Å²) < 4.78 is 6.46. The first-order valence-electron chi connectivity index (χ1n) is 7.39. The Labute approximate surface area is 132 Å². The molecule has 2 heterocycles. The van der Waals surface area contributed by atoms with Gasteiger partial charge in [0.2, 0.25) is 11.7 Å². The van der Waals surface area contributed by atoms with E-state index < -0.39 is 0 Å². The SMILES string of the molecule is NCC1(c2nc(-c3cncc(Br)c3)no2)CCCCCC1. The van der Waals surface area contributed by atoms with E-state index in [-0.39, 0.29) is 5.41 Å². The number of halogens is 1. The lowest BCUT2D eigenvalue weighted by Crippen LogP contribution is -2.35. The standard InChI is InChI=1S/C15H19BrN4O/c16-12-7-11(8-18-9-12)13-19-14(21-20-13)15(10-17)5-3-1-2-4-6-15/h7-9H,1-6,10,17H2. The van der Waals surface area contributed by atoms with Crippen LogP contribution in [0.2, 0.25) is 0 Å². The largest absolute Gasteiger partial charge is 0.338 e. The van der Waals surface area contributed by atoms with E-state index in [1.54, 1.807) is 12.4 Å². The highest BCUT2D eigenvalue weighted by atomic mass is 79.9. The summed E-state index contributed by atoms with van der Waals surface area (Å²) in [5.41, 5.74) is 6.76. The van der Waals surface area contributed by atoms with Crippen LogP contribution in [0.15, 0.2) is 27.5 Å². The molecule has 112 valence electrons. The molecule has 0 amide bonds. The Hall–Kier alpha value is -1.27. The van der Waals surface area contributed by atoms with Crippen molar-refractivity contribution in [3.05, 3.63) is 28.8 Å². The van der Waals surface area contributed by atoms with Crippen LogP contribution in [-0.2, 0) is 5.41 Å². The second-order valence-electron chi connectivity index (χ2n) is 5.71. The number of hydrogen-bond donors (Lipinski definition) is 1. The van der Waals surface area contributed by atoms with Crippen molar-refractivity contribution in [3.8, 4) is 11.4 Å². The summed E-state index contributed by atoms with van der Waals surface area (Å²) in [6.07, 6.45) is 10.4. The molecular formula is C15H19BrN4O. The van der Waals surface area contributed by atoms with Gasteiger partial charge in [-0.3, -0.25) is 4.98 Å². The van der Waals surface area contributed by atoms with Gasteiger partial charge >= 0.3 is 0 Å². The maximum Gasteiger partial charge on any atom is 0.234 e. The first-order chi connectivity index (χ1) is 10.2. The van der Waals surface area contributed by atoms with E-state index in [1.807, 2.05) is 6.07 Å². The molecule has 0 aliphatic heterocycles. The summed E-state index contributed by atoms with van der Waals surface area (Å²) in [4.78, 5) is 8.75. The summed E-state index contributed by atoms with van der Waals surface area (Å²) in [5.74, 6) is 1.26. The summed E-state index contributed by atoms with van der Waals surface area (Å²) in [6, 6.07) is 1.93. The first kappa shape index (κ1) is 14.7. The van der Waals surface area contributed by atoms with Crippen molar-refractivity contribution < 1.29 is 4.52 Å². The van der Waals surface area contributed by atoms with Crippen molar-refractivity contribution in [2.24, 2.45) is 5.73 Å². The minimum atomic E-state index is -0.152. The number of aromatic nitrogens is 3. The van der Waals surface area contributed by atoms with Crippen molar-refractivity contribution in [1.82, 2.24) is 15.1 Å². The number of nitrogens with zero attached hydrogens (tertiary/aromatic N) is 3. The van der Waals surface area contributed by atoms with Crippen LogP contribution in [-0.4, -0.2) is 21.7 Å². The van der Waals surface area contributed by atoms with Crippen molar-refractivity contribution >= 4 is 15.9 Å². The van der Waals surface area contributed by atoms with Crippen molar-refractivity contribution in [2.75, 3.05) is 6.54 Å². The molecule has 1 aliphatic rings. The monoisotopic (exact) mass is 350 g/mol. The van der Waals surface area contributed by atoms with Gasteiger partial charge in [-0.1, -0.05) is 30.8 Å². The second kappa shape index (κ2) is 6.23. The molecule has 1 saturated carbocycles. The molecule has 6 heteroatoms. The summed E-state index contributed by atoms with van der Waals surface area (Å²) >= 11 is 3.41. The van der Waals surface area contributed by atoms with Gasteiger partial charge in [-0.25, -0.2) is 0 Å². The van der Waals surface area contributed by atoms with Gasteiger partial charge in [0.1, 0.15) is 0 Å². The molecule has 0 saturated heterocycles. The third-order valence-electron chi connectivity index (χ3n) is 4.29. The van der Waals surface area contributed by atoms with E-state index >= 15 is 0 Å². The van der Waals surface area contributed by atoms with E-state index in [0.717, 1.165) is 22.9 Å². The molecule has 3 rings (SSSR count). The number of hydrogen-bond acceptors (Lipinski definition) is 5. The minimum Gasteiger partial charge on any atom is -0.338 e. The summed E-state index contributed by atoms with van der Waals surface area (Å²) in [6.45, 7) is 0.561.